The Kier molecular flexibility index (Phi) is 5.58. The lowest BCUT2D eigenvalue weighted by Crippen LogP contribution is -2.57. The van der Waals surface area contributed by atoms with Crippen LogP contribution in [0.3, 0.4) is 0 Å². The van der Waals surface area contributed by atoms with Crippen molar-refractivity contribution in [2.45, 2.75) is 37.8 Å². The average Bonchev–Trinajstić information content (AvgIpc) is 2.34. The normalized spacial score (nSPS) is 29.7. The van der Waals surface area contributed by atoms with Crippen LogP contribution >= 0.6 is 0 Å². The first-order valence-electron chi connectivity index (χ1n) is 6.53. The Balaban J connectivity index is 2.68. The molecule has 0 bridgehead atoms. The highest BCUT2D eigenvalue weighted by Crippen LogP contribution is 2.30. The van der Waals surface area contributed by atoms with Gasteiger partial charge >= 0.3 is 0 Å². The van der Waals surface area contributed by atoms with Crippen LogP contribution in [-0.2, 0) is 14.6 Å². The number of likely N-dealkylation sites (N-methyl/N-ethyl adjacent to an activating group) is 1. The minimum absolute atomic E-state index is 0.108. The molecule has 0 amide bonds. The summed E-state index contributed by atoms with van der Waals surface area (Å²) in [6.45, 7) is 3.90. The number of sulfone groups is 1. The first-order valence-corrected chi connectivity index (χ1v) is 8.59. The van der Waals surface area contributed by atoms with E-state index in [1.807, 2.05) is 7.05 Å². The first-order chi connectivity index (χ1) is 8.33. The van der Waals surface area contributed by atoms with E-state index in [0.29, 0.717) is 19.7 Å². The van der Waals surface area contributed by atoms with E-state index in [9.17, 15) is 8.42 Å². The fourth-order valence-corrected chi connectivity index (χ4v) is 3.10. The lowest BCUT2D eigenvalue weighted by molar-refractivity contribution is -0.0633. The first kappa shape index (κ1) is 15.9. The zero-order valence-corrected chi connectivity index (χ0v) is 12.5. The van der Waals surface area contributed by atoms with Crippen LogP contribution in [0.1, 0.15) is 26.2 Å². The van der Waals surface area contributed by atoms with Gasteiger partial charge in [-0.1, -0.05) is 6.92 Å². The maximum Gasteiger partial charge on any atom is 0.148 e. The van der Waals surface area contributed by atoms with E-state index in [4.69, 9.17) is 10.5 Å². The van der Waals surface area contributed by atoms with Crippen molar-refractivity contribution in [1.29, 1.82) is 0 Å². The van der Waals surface area contributed by atoms with Gasteiger partial charge in [0.1, 0.15) is 9.84 Å². The number of nitrogens with two attached hydrogens (primary N) is 1. The molecule has 0 aliphatic carbocycles. The van der Waals surface area contributed by atoms with Crippen molar-refractivity contribution in [1.82, 2.24) is 4.90 Å². The van der Waals surface area contributed by atoms with E-state index in [1.54, 1.807) is 0 Å². The molecule has 1 fully saturated rings. The van der Waals surface area contributed by atoms with E-state index < -0.39 is 9.84 Å². The highest BCUT2D eigenvalue weighted by Gasteiger charge is 2.38. The standard InChI is InChI=1S/C12H26N2O3S/c1-4-11-9-12(10-13,5-7-17-11)14(2)6-8-18(3,15)16/h11H,4-10,13H2,1-3H3. The third-order valence-electron chi connectivity index (χ3n) is 3.97. The number of ether oxygens (including phenoxy) is 1. The van der Waals surface area contributed by atoms with Gasteiger partial charge in [0.2, 0.25) is 0 Å². The molecular weight excluding hydrogens is 252 g/mol. The van der Waals surface area contributed by atoms with Crippen LogP contribution in [0.4, 0.5) is 0 Å². The van der Waals surface area contributed by atoms with Crippen LogP contribution in [0.25, 0.3) is 0 Å². The van der Waals surface area contributed by atoms with Crippen LogP contribution in [0.15, 0.2) is 0 Å². The molecule has 18 heavy (non-hydrogen) atoms. The third-order valence-corrected chi connectivity index (χ3v) is 4.90. The Morgan fingerprint density at radius 2 is 2.17 bits per heavy atom. The second-order valence-electron chi connectivity index (χ2n) is 5.34. The van der Waals surface area contributed by atoms with Crippen molar-refractivity contribution >= 4 is 9.84 Å². The van der Waals surface area contributed by atoms with Gasteiger partial charge in [0, 0.05) is 31.5 Å². The van der Waals surface area contributed by atoms with E-state index in [1.165, 1.54) is 6.26 Å². The van der Waals surface area contributed by atoms with Gasteiger partial charge in [-0.2, -0.15) is 0 Å². The molecule has 1 aliphatic rings. The van der Waals surface area contributed by atoms with Gasteiger partial charge in [0.15, 0.2) is 0 Å². The van der Waals surface area contributed by atoms with Crippen molar-refractivity contribution in [2.24, 2.45) is 5.73 Å². The summed E-state index contributed by atoms with van der Waals surface area (Å²) < 4.78 is 28.2. The molecule has 2 N–H and O–H groups in total. The number of rotatable bonds is 6. The van der Waals surface area contributed by atoms with Gasteiger partial charge in [-0.05, 0) is 26.3 Å². The van der Waals surface area contributed by atoms with Crippen LogP contribution in [0, 0.1) is 0 Å². The summed E-state index contributed by atoms with van der Waals surface area (Å²) in [6.07, 6.45) is 4.25. The SMILES string of the molecule is CCC1CC(CN)(N(C)CCS(C)(=O)=O)CCO1. The second kappa shape index (κ2) is 6.32. The van der Waals surface area contributed by atoms with Crippen LogP contribution in [0.5, 0.6) is 0 Å². The molecule has 0 radical (unpaired) electrons. The van der Waals surface area contributed by atoms with Crippen molar-refractivity contribution in [2.75, 3.05) is 38.8 Å². The molecular formula is C12H26N2O3S. The molecule has 5 nitrogen and oxygen atoms in total. The lowest BCUT2D eigenvalue weighted by Gasteiger charge is -2.46. The van der Waals surface area contributed by atoms with E-state index in [-0.39, 0.29) is 17.4 Å². The maximum absolute atomic E-state index is 11.2. The fraction of sp³-hybridized carbons (Fsp3) is 1.00. The van der Waals surface area contributed by atoms with Crippen molar-refractivity contribution in [3.8, 4) is 0 Å². The third kappa shape index (κ3) is 4.19. The zero-order valence-electron chi connectivity index (χ0n) is 11.7. The Morgan fingerprint density at radius 1 is 1.50 bits per heavy atom. The molecule has 0 aromatic heterocycles. The molecule has 1 aliphatic heterocycles. The maximum atomic E-state index is 11.2. The number of hydrogen-bond acceptors (Lipinski definition) is 5. The minimum Gasteiger partial charge on any atom is -0.378 e. The summed E-state index contributed by atoms with van der Waals surface area (Å²) in [5.74, 6) is 0.183. The fourth-order valence-electron chi connectivity index (χ4n) is 2.49. The average molecular weight is 278 g/mol. The summed E-state index contributed by atoms with van der Waals surface area (Å²) >= 11 is 0. The van der Waals surface area contributed by atoms with Gasteiger partial charge in [0.25, 0.3) is 0 Å². The van der Waals surface area contributed by atoms with Crippen LogP contribution < -0.4 is 5.73 Å². The molecule has 2 atom stereocenters. The largest absolute Gasteiger partial charge is 0.378 e. The van der Waals surface area contributed by atoms with E-state index in [0.717, 1.165) is 19.3 Å². The van der Waals surface area contributed by atoms with E-state index in [2.05, 4.69) is 11.8 Å². The summed E-state index contributed by atoms with van der Waals surface area (Å²) in [5.41, 5.74) is 5.84. The van der Waals surface area contributed by atoms with Crippen LogP contribution in [-0.4, -0.2) is 63.7 Å². The van der Waals surface area contributed by atoms with Gasteiger partial charge in [-0.25, -0.2) is 8.42 Å². The summed E-state index contributed by atoms with van der Waals surface area (Å²) in [7, 11) is -0.957. The molecule has 108 valence electrons. The van der Waals surface area contributed by atoms with Crippen molar-refractivity contribution < 1.29 is 13.2 Å². The lowest BCUT2D eigenvalue weighted by atomic mass is 9.84. The number of nitrogens with zero attached hydrogens (tertiary/aromatic N) is 1. The van der Waals surface area contributed by atoms with Crippen molar-refractivity contribution in [3.63, 3.8) is 0 Å². The molecule has 0 saturated carbocycles. The Hall–Kier alpha value is -0.170. The molecule has 0 aromatic rings. The monoisotopic (exact) mass is 278 g/mol. The molecule has 6 heteroatoms. The van der Waals surface area contributed by atoms with Gasteiger partial charge < -0.3 is 10.5 Å². The Labute approximate surface area is 111 Å². The summed E-state index contributed by atoms with van der Waals surface area (Å²) in [6, 6.07) is 0. The predicted octanol–water partition coefficient (Wildman–Crippen LogP) is 0.249. The van der Waals surface area contributed by atoms with Crippen LogP contribution in [0.2, 0.25) is 0 Å². The molecule has 2 unspecified atom stereocenters. The molecule has 1 heterocycles. The molecule has 1 rings (SSSR count). The highest BCUT2D eigenvalue weighted by atomic mass is 32.2. The topological polar surface area (TPSA) is 72.6 Å². The van der Waals surface area contributed by atoms with Gasteiger partial charge in [-0.3, -0.25) is 4.90 Å². The summed E-state index contributed by atoms with van der Waals surface area (Å²) in [5, 5.41) is 0. The second-order valence-corrected chi connectivity index (χ2v) is 7.59. The Morgan fingerprint density at radius 3 is 2.67 bits per heavy atom. The smallest absolute Gasteiger partial charge is 0.148 e. The molecule has 0 spiro atoms. The molecule has 1 saturated heterocycles. The summed E-state index contributed by atoms with van der Waals surface area (Å²) in [4.78, 5) is 2.11. The quantitative estimate of drug-likeness (QED) is 0.754. The Bertz CT molecular complexity index is 358. The van der Waals surface area contributed by atoms with Gasteiger partial charge in [-0.15, -0.1) is 0 Å². The van der Waals surface area contributed by atoms with E-state index >= 15 is 0 Å². The molecule has 0 aromatic carbocycles. The van der Waals surface area contributed by atoms with Crippen molar-refractivity contribution in [3.05, 3.63) is 0 Å². The zero-order chi connectivity index (χ0) is 13.8. The predicted molar refractivity (Wildman–Crippen MR) is 73.4 cm³/mol. The number of hydrogen-bond donors (Lipinski definition) is 1. The highest BCUT2D eigenvalue weighted by molar-refractivity contribution is 7.90. The van der Waals surface area contributed by atoms with Gasteiger partial charge in [0.05, 0.1) is 11.9 Å². The minimum atomic E-state index is -2.93.